The van der Waals surface area contributed by atoms with E-state index >= 15 is 0 Å². The van der Waals surface area contributed by atoms with E-state index in [1.807, 2.05) is 18.2 Å². The number of carbonyl (C=O) groups excluding carboxylic acids is 2. The lowest BCUT2D eigenvalue weighted by Crippen LogP contribution is -2.52. The van der Waals surface area contributed by atoms with E-state index in [1.54, 1.807) is 29.3 Å². The first-order valence-corrected chi connectivity index (χ1v) is 9.27. The number of halogens is 1. The number of hydrogen-bond donors (Lipinski definition) is 2. The average molecular weight is 404 g/mol. The number of hydrogen-bond acceptors (Lipinski definition) is 5. The first-order valence-electron chi connectivity index (χ1n) is 8.89. The molecule has 0 atom stereocenters. The zero-order chi connectivity index (χ0) is 19.9. The van der Waals surface area contributed by atoms with E-state index in [1.165, 1.54) is 7.11 Å². The van der Waals surface area contributed by atoms with E-state index in [0.717, 1.165) is 5.82 Å². The molecule has 3 amide bonds. The monoisotopic (exact) mass is 403 g/mol. The van der Waals surface area contributed by atoms with Gasteiger partial charge in [-0.3, -0.25) is 4.79 Å². The van der Waals surface area contributed by atoms with E-state index in [2.05, 4.69) is 20.5 Å². The van der Waals surface area contributed by atoms with Crippen molar-refractivity contribution in [3.8, 4) is 5.75 Å². The van der Waals surface area contributed by atoms with Gasteiger partial charge in [-0.05, 0) is 30.3 Å². The molecule has 1 aliphatic rings. The highest BCUT2D eigenvalue weighted by Gasteiger charge is 2.22. The molecule has 1 fully saturated rings. The summed E-state index contributed by atoms with van der Waals surface area (Å²) >= 11 is 5.95. The fourth-order valence-corrected chi connectivity index (χ4v) is 3.09. The summed E-state index contributed by atoms with van der Waals surface area (Å²) in [7, 11) is 1.51. The van der Waals surface area contributed by atoms with Crippen molar-refractivity contribution in [2.75, 3.05) is 50.1 Å². The van der Waals surface area contributed by atoms with Crippen molar-refractivity contribution in [2.24, 2.45) is 0 Å². The number of benzene rings is 1. The second-order valence-corrected chi connectivity index (χ2v) is 6.65. The second kappa shape index (κ2) is 9.27. The van der Waals surface area contributed by atoms with Crippen LogP contribution in [0, 0.1) is 0 Å². The molecule has 28 heavy (non-hydrogen) atoms. The van der Waals surface area contributed by atoms with Gasteiger partial charge in [0.1, 0.15) is 11.6 Å². The number of carbonyl (C=O) groups is 2. The predicted molar refractivity (Wildman–Crippen MR) is 108 cm³/mol. The van der Waals surface area contributed by atoms with Crippen LogP contribution in [0.1, 0.15) is 0 Å². The van der Waals surface area contributed by atoms with Crippen LogP contribution in [0.2, 0.25) is 5.02 Å². The smallest absolute Gasteiger partial charge is 0.317 e. The van der Waals surface area contributed by atoms with Crippen LogP contribution in [-0.4, -0.2) is 61.7 Å². The molecule has 0 aliphatic carbocycles. The Morgan fingerprint density at radius 1 is 1.18 bits per heavy atom. The van der Waals surface area contributed by atoms with Crippen LogP contribution in [0.4, 0.5) is 16.3 Å². The van der Waals surface area contributed by atoms with Gasteiger partial charge in [-0.2, -0.15) is 0 Å². The Balaban J connectivity index is 1.46. The summed E-state index contributed by atoms with van der Waals surface area (Å²) in [6.07, 6.45) is 1.75. The third-order valence-electron chi connectivity index (χ3n) is 4.38. The molecule has 1 saturated heterocycles. The van der Waals surface area contributed by atoms with Crippen molar-refractivity contribution in [3.05, 3.63) is 47.6 Å². The van der Waals surface area contributed by atoms with Gasteiger partial charge in [0.15, 0.2) is 0 Å². The number of aromatic nitrogens is 1. The summed E-state index contributed by atoms with van der Waals surface area (Å²) in [5.74, 6) is 1.04. The van der Waals surface area contributed by atoms with Gasteiger partial charge in [0.25, 0.3) is 0 Å². The maximum Gasteiger partial charge on any atom is 0.317 e. The largest absolute Gasteiger partial charge is 0.495 e. The molecule has 0 spiro atoms. The molecule has 3 rings (SSSR count). The van der Waals surface area contributed by atoms with Crippen LogP contribution in [0.3, 0.4) is 0 Å². The number of nitrogens with one attached hydrogen (secondary N) is 2. The highest BCUT2D eigenvalue weighted by atomic mass is 35.5. The summed E-state index contributed by atoms with van der Waals surface area (Å²) in [6.45, 7) is 2.36. The zero-order valence-corrected chi connectivity index (χ0v) is 16.3. The molecule has 8 nitrogen and oxygen atoms in total. The fourth-order valence-electron chi connectivity index (χ4n) is 2.92. The van der Waals surface area contributed by atoms with Crippen molar-refractivity contribution in [1.82, 2.24) is 15.2 Å². The Morgan fingerprint density at radius 3 is 2.64 bits per heavy atom. The van der Waals surface area contributed by atoms with Gasteiger partial charge in [0.05, 0.1) is 19.3 Å². The lowest BCUT2D eigenvalue weighted by Gasteiger charge is -2.35. The van der Waals surface area contributed by atoms with Gasteiger partial charge in [0, 0.05) is 37.4 Å². The maximum atomic E-state index is 12.3. The summed E-state index contributed by atoms with van der Waals surface area (Å²) in [5.41, 5.74) is 0.457. The van der Waals surface area contributed by atoms with Crippen molar-refractivity contribution in [1.29, 1.82) is 0 Å². The number of ether oxygens (including phenoxy) is 1. The zero-order valence-electron chi connectivity index (χ0n) is 15.5. The minimum absolute atomic E-state index is 0.144. The van der Waals surface area contributed by atoms with Crippen molar-refractivity contribution in [2.45, 2.75) is 0 Å². The number of rotatable bonds is 5. The summed E-state index contributed by atoms with van der Waals surface area (Å²) < 4.78 is 5.19. The number of piperazine rings is 1. The number of urea groups is 1. The van der Waals surface area contributed by atoms with E-state index in [0.29, 0.717) is 42.6 Å². The van der Waals surface area contributed by atoms with Gasteiger partial charge in [-0.25, -0.2) is 9.78 Å². The number of anilines is 2. The lowest BCUT2D eigenvalue weighted by molar-refractivity contribution is -0.115. The van der Waals surface area contributed by atoms with E-state index in [9.17, 15) is 9.59 Å². The molecule has 1 aromatic heterocycles. The molecule has 1 aromatic carbocycles. The van der Waals surface area contributed by atoms with Gasteiger partial charge in [-0.1, -0.05) is 17.7 Å². The van der Waals surface area contributed by atoms with Crippen LogP contribution >= 0.6 is 11.6 Å². The quantitative estimate of drug-likeness (QED) is 0.799. The van der Waals surface area contributed by atoms with Crippen molar-refractivity contribution < 1.29 is 14.3 Å². The second-order valence-electron chi connectivity index (χ2n) is 6.21. The lowest BCUT2D eigenvalue weighted by atomic mass is 10.3. The summed E-state index contributed by atoms with van der Waals surface area (Å²) in [4.78, 5) is 32.6. The number of amides is 3. The number of pyridine rings is 1. The standard InChI is InChI=1S/C19H22ClN5O3/c1-28-16-6-5-14(20)12-15(16)23-18(26)13-22-19(27)25-10-8-24(9-11-25)17-4-2-3-7-21-17/h2-7,12H,8-11,13H2,1H3,(H,22,27)(H,23,26). The Morgan fingerprint density at radius 2 is 1.96 bits per heavy atom. The molecular weight excluding hydrogens is 382 g/mol. The molecule has 0 unspecified atom stereocenters. The predicted octanol–water partition coefficient (Wildman–Crippen LogP) is 2.21. The van der Waals surface area contributed by atoms with Crippen LogP contribution < -0.4 is 20.3 Å². The third kappa shape index (κ3) is 5.04. The molecule has 0 radical (unpaired) electrons. The van der Waals surface area contributed by atoms with E-state index < -0.39 is 0 Å². The first kappa shape index (κ1) is 19.8. The third-order valence-corrected chi connectivity index (χ3v) is 4.61. The number of nitrogens with zero attached hydrogens (tertiary/aromatic N) is 3. The summed E-state index contributed by atoms with van der Waals surface area (Å²) in [5, 5.41) is 5.81. The maximum absolute atomic E-state index is 12.3. The average Bonchev–Trinajstić information content (AvgIpc) is 2.73. The Labute approximate surface area is 168 Å². The van der Waals surface area contributed by atoms with Crippen LogP contribution in [-0.2, 0) is 4.79 Å². The molecule has 2 N–H and O–H groups in total. The molecule has 148 valence electrons. The first-order chi connectivity index (χ1) is 13.6. The molecule has 2 heterocycles. The Hall–Kier alpha value is -3.00. The highest BCUT2D eigenvalue weighted by molar-refractivity contribution is 6.31. The Bertz CT molecular complexity index is 826. The topological polar surface area (TPSA) is 86.8 Å². The normalized spacial score (nSPS) is 13.8. The minimum Gasteiger partial charge on any atom is -0.495 e. The van der Waals surface area contributed by atoms with Gasteiger partial charge in [0.2, 0.25) is 5.91 Å². The molecule has 0 bridgehead atoms. The van der Waals surface area contributed by atoms with Crippen LogP contribution in [0.15, 0.2) is 42.6 Å². The minimum atomic E-state index is -0.360. The molecule has 9 heteroatoms. The SMILES string of the molecule is COc1ccc(Cl)cc1NC(=O)CNC(=O)N1CCN(c2ccccn2)CC1. The molecular formula is C19H22ClN5O3. The summed E-state index contributed by atoms with van der Waals surface area (Å²) in [6, 6.07) is 10.4. The number of methoxy groups -OCH3 is 1. The molecule has 2 aromatic rings. The molecule has 1 aliphatic heterocycles. The highest BCUT2D eigenvalue weighted by Crippen LogP contribution is 2.27. The molecule has 0 saturated carbocycles. The van der Waals surface area contributed by atoms with Crippen LogP contribution in [0.5, 0.6) is 5.75 Å². The van der Waals surface area contributed by atoms with Crippen LogP contribution in [0.25, 0.3) is 0 Å². The Kier molecular flexibility index (Phi) is 6.54. The van der Waals surface area contributed by atoms with E-state index in [-0.39, 0.29) is 18.5 Å². The van der Waals surface area contributed by atoms with Gasteiger partial charge >= 0.3 is 6.03 Å². The van der Waals surface area contributed by atoms with Crippen molar-refractivity contribution >= 4 is 35.0 Å². The fraction of sp³-hybridized carbons (Fsp3) is 0.316. The van der Waals surface area contributed by atoms with Gasteiger partial charge in [-0.15, -0.1) is 0 Å². The van der Waals surface area contributed by atoms with Gasteiger partial charge < -0.3 is 25.2 Å². The van der Waals surface area contributed by atoms with E-state index in [4.69, 9.17) is 16.3 Å². The van der Waals surface area contributed by atoms with Crippen molar-refractivity contribution in [3.63, 3.8) is 0 Å².